The number of nitrogen functional groups attached to an aromatic ring is 1. The van der Waals surface area contributed by atoms with E-state index in [1.165, 1.54) is 12.1 Å². The van der Waals surface area contributed by atoms with E-state index in [-0.39, 0.29) is 11.2 Å². The lowest BCUT2D eigenvalue weighted by atomic mass is 9.93. The maximum atomic E-state index is 13.0. The molecule has 0 fully saturated rings. The average molecular weight is 316 g/mol. The Labute approximate surface area is 132 Å². The molecule has 0 atom stereocenters. The smallest absolute Gasteiger partial charge is 0.137 e. The standard InChI is InChI=1S/C16H17FN4S/c1-16(2,3)13-9-22-15(20-13)12-8-19-21(14(12)18)11-6-4-10(17)5-7-11/h4-9H,18H2,1-3H3. The molecule has 0 unspecified atom stereocenters. The lowest BCUT2D eigenvalue weighted by Crippen LogP contribution is -2.11. The van der Waals surface area contributed by atoms with Crippen molar-refractivity contribution in [3.05, 3.63) is 47.4 Å². The number of halogens is 1. The lowest BCUT2D eigenvalue weighted by molar-refractivity contribution is 0.573. The van der Waals surface area contributed by atoms with Crippen LogP contribution in [0.15, 0.2) is 35.8 Å². The molecule has 0 bridgehead atoms. The van der Waals surface area contributed by atoms with Gasteiger partial charge < -0.3 is 5.73 Å². The molecular weight excluding hydrogens is 299 g/mol. The number of rotatable bonds is 2. The molecule has 0 saturated heterocycles. The molecule has 0 aliphatic heterocycles. The molecule has 22 heavy (non-hydrogen) atoms. The van der Waals surface area contributed by atoms with E-state index in [9.17, 15) is 4.39 Å². The molecule has 4 nitrogen and oxygen atoms in total. The number of hydrogen-bond acceptors (Lipinski definition) is 4. The molecule has 0 aliphatic carbocycles. The molecule has 1 aromatic carbocycles. The summed E-state index contributed by atoms with van der Waals surface area (Å²) in [6.45, 7) is 6.37. The normalized spacial score (nSPS) is 11.8. The number of aromatic nitrogens is 3. The van der Waals surface area contributed by atoms with Gasteiger partial charge in [-0.2, -0.15) is 5.10 Å². The van der Waals surface area contributed by atoms with Crippen LogP contribution in [-0.4, -0.2) is 14.8 Å². The van der Waals surface area contributed by atoms with Crippen molar-refractivity contribution in [2.24, 2.45) is 0 Å². The van der Waals surface area contributed by atoms with Gasteiger partial charge in [-0.15, -0.1) is 11.3 Å². The van der Waals surface area contributed by atoms with E-state index in [1.807, 2.05) is 5.38 Å². The highest BCUT2D eigenvalue weighted by atomic mass is 32.1. The molecule has 0 spiro atoms. The third-order valence-corrected chi connectivity index (χ3v) is 4.26. The second kappa shape index (κ2) is 5.21. The summed E-state index contributed by atoms with van der Waals surface area (Å²) >= 11 is 1.55. The maximum Gasteiger partial charge on any atom is 0.137 e. The molecule has 2 aromatic heterocycles. The van der Waals surface area contributed by atoms with E-state index in [1.54, 1.807) is 34.3 Å². The molecule has 0 aliphatic rings. The summed E-state index contributed by atoms with van der Waals surface area (Å²) in [6, 6.07) is 6.06. The summed E-state index contributed by atoms with van der Waals surface area (Å²) in [5, 5.41) is 7.19. The molecule has 0 radical (unpaired) electrons. The largest absolute Gasteiger partial charge is 0.383 e. The second-order valence-electron chi connectivity index (χ2n) is 6.12. The third-order valence-electron chi connectivity index (χ3n) is 3.38. The van der Waals surface area contributed by atoms with Crippen molar-refractivity contribution in [3.8, 4) is 16.3 Å². The molecule has 2 heterocycles. The van der Waals surface area contributed by atoms with Gasteiger partial charge in [-0.25, -0.2) is 14.1 Å². The lowest BCUT2D eigenvalue weighted by Gasteiger charge is -2.14. The van der Waals surface area contributed by atoms with E-state index in [0.717, 1.165) is 22.0 Å². The summed E-state index contributed by atoms with van der Waals surface area (Å²) in [4.78, 5) is 4.66. The van der Waals surface area contributed by atoms with Gasteiger partial charge in [-0.3, -0.25) is 0 Å². The topological polar surface area (TPSA) is 56.7 Å². The number of anilines is 1. The van der Waals surface area contributed by atoms with E-state index >= 15 is 0 Å². The highest BCUT2D eigenvalue weighted by Gasteiger charge is 2.20. The van der Waals surface area contributed by atoms with E-state index < -0.39 is 0 Å². The van der Waals surface area contributed by atoms with Crippen molar-refractivity contribution < 1.29 is 4.39 Å². The molecular formula is C16H17FN4S. The Morgan fingerprint density at radius 2 is 1.86 bits per heavy atom. The molecule has 114 valence electrons. The molecule has 0 amide bonds. The van der Waals surface area contributed by atoms with Gasteiger partial charge in [0.05, 0.1) is 23.1 Å². The Morgan fingerprint density at radius 3 is 2.45 bits per heavy atom. The monoisotopic (exact) mass is 316 g/mol. The zero-order chi connectivity index (χ0) is 15.9. The zero-order valence-electron chi connectivity index (χ0n) is 12.7. The van der Waals surface area contributed by atoms with Crippen LogP contribution >= 0.6 is 11.3 Å². The molecule has 3 rings (SSSR count). The highest BCUT2D eigenvalue weighted by molar-refractivity contribution is 7.13. The van der Waals surface area contributed by atoms with Crippen LogP contribution in [0.4, 0.5) is 10.2 Å². The van der Waals surface area contributed by atoms with Gasteiger partial charge >= 0.3 is 0 Å². The van der Waals surface area contributed by atoms with Crippen LogP contribution in [0.2, 0.25) is 0 Å². The Balaban J connectivity index is 2.00. The fourth-order valence-corrected chi connectivity index (χ4v) is 3.12. The van der Waals surface area contributed by atoms with Gasteiger partial charge in [0, 0.05) is 10.8 Å². The summed E-state index contributed by atoms with van der Waals surface area (Å²) < 4.78 is 14.6. The predicted octanol–water partition coefficient (Wildman–Crippen LogP) is 4.01. The van der Waals surface area contributed by atoms with Crippen LogP contribution in [0.5, 0.6) is 0 Å². The van der Waals surface area contributed by atoms with Crippen LogP contribution in [0.25, 0.3) is 16.3 Å². The minimum Gasteiger partial charge on any atom is -0.383 e. The van der Waals surface area contributed by atoms with Crippen molar-refractivity contribution in [1.82, 2.24) is 14.8 Å². The molecule has 6 heteroatoms. The summed E-state index contributed by atoms with van der Waals surface area (Å²) in [5.41, 5.74) is 8.74. The van der Waals surface area contributed by atoms with E-state index in [2.05, 4.69) is 30.9 Å². The van der Waals surface area contributed by atoms with Crippen LogP contribution in [0.3, 0.4) is 0 Å². The van der Waals surface area contributed by atoms with Gasteiger partial charge in [0.25, 0.3) is 0 Å². The Kier molecular flexibility index (Phi) is 3.48. The average Bonchev–Trinajstić information content (AvgIpc) is 3.06. The number of nitrogens with zero attached hydrogens (tertiary/aromatic N) is 3. The first-order valence-corrected chi connectivity index (χ1v) is 7.80. The van der Waals surface area contributed by atoms with Crippen LogP contribution in [-0.2, 0) is 5.41 Å². The van der Waals surface area contributed by atoms with Crippen LogP contribution in [0.1, 0.15) is 26.5 Å². The number of nitrogens with two attached hydrogens (primary N) is 1. The van der Waals surface area contributed by atoms with Crippen molar-refractivity contribution in [2.45, 2.75) is 26.2 Å². The second-order valence-corrected chi connectivity index (χ2v) is 6.98. The molecule has 3 aromatic rings. The zero-order valence-corrected chi connectivity index (χ0v) is 13.5. The van der Waals surface area contributed by atoms with Crippen molar-refractivity contribution in [1.29, 1.82) is 0 Å². The van der Waals surface area contributed by atoms with Crippen molar-refractivity contribution in [3.63, 3.8) is 0 Å². The first kappa shape index (κ1) is 14.7. The summed E-state index contributed by atoms with van der Waals surface area (Å²) in [7, 11) is 0. The van der Waals surface area contributed by atoms with E-state index in [0.29, 0.717) is 5.82 Å². The summed E-state index contributed by atoms with van der Waals surface area (Å²) in [6.07, 6.45) is 1.70. The maximum absolute atomic E-state index is 13.0. The highest BCUT2D eigenvalue weighted by Crippen LogP contribution is 2.33. The minimum atomic E-state index is -0.288. The fraction of sp³-hybridized carbons (Fsp3) is 0.250. The number of thiazole rings is 1. The first-order chi connectivity index (χ1) is 10.4. The van der Waals surface area contributed by atoms with Crippen molar-refractivity contribution >= 4 is 17.2 Å². The summed E-state index contributed by atoms with van der Waals surface area (Å²) in [5.74, 6) is 0.214. The van der Waals surface area contributed by atoms with Gasteiger partial charge in [0.15, 0.2) is 0 Å². The molecule has 0 saturated carbocycles. The Morgan fingerprint density at radius 1 is 1.18 bits per heavy atom. The van der Waals surface area contributed by atoms with Crippen LogP contribution in [0, 0.1) is 5.82 Å². The first-order valence-electron chi connectivity index (χ1n) is 6.92. The molecule has 2 N–H and O–H groups in total. The van der Waals surface area contributed by atoms with E-state index in [4.69, 9.17) is 5.73 Å². The quantitative estimate of drug-likeness (QED) is 0.777. The SMILES string of the molecule is CC(C)(C)c1csc(-c2cnn(-c3ccc(F)cc3)c2N)n1. The van der Waals surface area contributed by atoms with Gasteiger partial charge in [-0.1, -0.05) is 20.8 Å². The van der Waals surface area contributed by atoms with Gasteiger partial charge in [-0.05, 0) is 24.3 Å². The van der Waals surface area contributed by atoms with Gasteiger partial charge in [0.2, 0.25) is 0 Å². The Hall–Kier alpha value is -2.21. The predicted molar refractivity (Wildman–Crippen MR) is 87.7 cm³/mol. The Bertz CT molecular complexity index is 796. The number of hydrogen-bond donors (Lipinski definition) is 1. The third kappa shape index (κ3) is 2.62. The minimum absolute atomic E-state index is 0.00351. The van der Waals surface area contributed by atoms with Crippen molar-refractivity contribution in [2.75, 3.05) is 5.73 Å². The van der Waals surface area contributed by atoms with Crippen LogP contribution < -0.4 is 5.73 Å². The number of benzene rings is 1. The van der Waals surface area contributed by atoms with Gasteiger partial charge in [0.1, 0.15) is 16.6 Å². The fourth-order valence-electron chi connectivity index (χ4n) is 2.05.